The van der Waals surface area contributed by atoms with Gasteiger partial charge in [-0.1, -0.05) is 23.5 Å². The molecule has 0 spiro atoms. The molecular formula is C9H10N2O5S2. The topological polar surface area (TPSA) is 95.0 Å². The Morgan fingerprint density at radius 1 is 0.944 bits per heavy atom. The number of rotatable bonds is 4. The van der Waals surface area contributed by atoms with Crippen LogP contribution in [0, 0.1) is 0 Å². The van der Waals surface area contributed by atoms with E-state index in [9.17, 15) is 24.3 Å². The maximum absolute atomic E-state index is 11.3. The van der Waals surface area contributed by atoms with Crippen LogP contribution in [0.3, 0.4) is 0 Å². The van der Waals surface area contributed by atoms with E-state index in [2.05, 4.69) is 0 Å². The summed E-state index contributed by atoms with van der Waals surface area (Å²) >= 11 is 1.75. The van der Waals surface area contributed by atoms with Crippen molar-refractivity contribution in [3.8, 4) is 0 Å². The van der Waals surface area contributed by atoms with E-state index in [0.717, 1.165) is 33.3 Å². The van der Waals surface area contributed by atoms with E-state index in [-0.39, 0.29) is 36.4 Å². The number of thioether (sulfide) groups is 2. The maximum atomic E-state index is 11.3. The van der Waals surface area contributed by atoms with Gasteiger partial charge in [-0.15, -0.1) is 0 Å². The number of carbonyl (C=O) groups excluding carboxylic acids is 4. The average molecular weight is 290 g/mol. The molecule has 0 aromatic heterocycles. The van der Waals surface area contributed by atoms with Crippen LogP contribution in [0.2, 0.25) is 0 Å². The second kappa shape index (κ2) is 5.29. The van der Waals surface area contributed by atoms with Crippen molar-refractivity contribution in [2.45, 2.75) is 6.10 Å². The lowest BCUT2D eigenvalue weighted by molar-refractivity contribution is -0.126. The Labute approximate surface area is 111 Å². The molecule has 0 aromatic rings. The molecule has 18 heavy (non-hydrogen) atoms. The molecule has 9 heteroatoms. The van der Waals surface area contributed by atoms with E-state index in [0.29, 0.717) is 0 Å². The number of nitrogens with zero attached hydrogens (tertiary/aromatic N) is 2. The minimum Gasteiger partial charge on any atom is -0.389 e. The molecule has 2 heterocycles. The van der Waals surface area contributed by atoms with Gasteiger partial charge in [-0.2, -0.15) is 0 Å². The number of aliphatic hydroxyl groups excluding tert-OH is 1. The first kappa shape index (κ1) is 13.4. The highest BCUT2D eigenvalue weighted by Gasteiger charge is 2.35. The Bertz CT molecular complexity index is 357. The molecule has 2 saturated heterocycles. The van der Waals surface area contributed by atoms with Crippen LogP contribution in [-0.4, -0.2) is 67.9 Å². The Morgan fingerprint density at radius 3 is 1.61 bits per heavy atom. The molecule has 0 radical (unpaired) electrons. The summed E-state index contributed by atoms with van der Waals surface area (Å²) < 4.78 is 0. The molecule has 0 aliphatic carbocycles. The molecule has 0 bridgehead atoms. The number of amides is 4. The van der Waals surface area contributed by atoms with Crippen LogP contribution in [0.1, 0.15) is 0 Å². The number of hydrogen-bond acceptors (Lipinski definition) is 7. The third kappa shape index (κ3) is 2.68. The fourth-order valence-electron chi connectivity index (χ4n) is 1.59. The van der Waals surface area contributed by atoms with Crippen molar-refractivity contribution in [1.82, 2.24) is 9.80 Å². The van der Waals surface area contributed by atoms with E-state index < -0.39 is 16.6 Å². The van der Waals surface area contributed by atoms with Gasteiger partial charge in [-0.3, -0.25) is 29.0 Å². The maximum Gasteiger partial charge on any atom is 0.288 e. The predicted molar refractivity (Wildman–Crippen MR) is 65.1 cm³/mol. The molecule has 0 saturated carbocycles. The highest BCUT2D eigenvalue weighted by molar-refractivity contribution is 8.15. The first-order chi connectivity index (χ1) is 8.49. The molecule has 0 unspecified atom stereocenters. The van der Waals surface area contributed by atoms with Gasteiger partial charge in [0.25, 0.3) is 10.5 Å². The zero-order valence-corrected chi connectivity index (χ0v) is 10.8. The molecule has 4 amide bonds. The smallest absolute Gasteiger partial charge is 0.288 e. The average Bonchev–Trinajstić information content (AvgIpc) is 2.79. The highest BCUT2D eigenvalue weighted by Crippen LogP contribution is 2.21. The molecule has 2 fully saturated rings. The van der Waals surface area contributed by atoms with E-state index >= 15 is 0 Å². The molecule has 2 rings (SSSR count). The number of hydrogen-bond donors (Lipinski definition) is 1. The summed E-state index contributed by atoms with van der Waals surface area (Å²) in [6.45, 7) is -0.376. The lowest BCUT2D eigenvalue weighted by atomic mass is 10.3. The first-order valence-electron chi connectivity index (χ1n) is 5.11. The second-order valence-electron chi connectivity index (χ2n) is 3.77. The van der Waals surface area contributed by atoms with Gasteiger partial charge >= 0.3 is 0 Å². The minimum absolute atomic E-state index is 0.0724. The van der Waals surface area contributed by atoms with Crippen molar-refractivity contribution in [3.05, 3.63) is 0 Å². The summed E-state index contributed by atoms with van der Waals surface area (Å²) in [4.78, 5) is 47.1. The van der Waals surface area contributed by atoms with Gasteiger partial charge in [0.05, 0.1) is 30.7 Å². The van der Waals surface area contributed by atoms with E-state index in [1.54, 1.807) is 0 Å². The lowest BCUT2D eigenvalue weighted by Crippen LogP contribution is -2.43. The van der Waals surface area contributed by atoms with Crippen molar-refractivity contribution in [1.29, 1.82) is 0 Å². The van der Waals surface area contributed by atoms with Crippen molar-refractivity contribution >= 4 is 45.8 Å². The van der Waals surface area contributed by atoms with Gasteiger partial charge in [0.2, 0.25) is 11.8 Å². The van der Waals surface area contributed by atoms with Crippen molar-refractivity contribution < 1.29 is 24.3 Å². The van der Waals surface area contributed by atoms with Crippen molar-refractivity contribution in [2.24, 2.45) is 0 Å². The van der Waals surface area contributed by atoms with Crippen molar-refractivity contribution in [2.75, 3.05) is 24.6 Å². The fraction of sp³-hybridized carbons (Fsp3) is 0.556. The number of aliphatic hydroxyl groups is 1. The highest BCUT2D eigenvalue weighted by atomic mass is 32.2. The van der Waals surface area contributed by atoms with Crippen molar-refractivity contribution in [3.63, 3.8) is 0 Å². The van der Waals surface area contributed by atoms with Gasteiger partial charge in [-0.05, 0) is 0 Å². The van der Waals surface area contributed by atoms with Crippen LogP contribution >= 0.6 is 23.5 Å². The molecule has 98 valence electrons. The third-order valence-corrected chi connectivity index (χ3v) is 4.19. The van der Waals surface area contributed by atoms with Crippen LogP contribution in [0.4, 0.5) is 9.59 Å². The minimum atomic E-state index is -1.11. The van der Waals surface area contributed by atoms with Crippen LogP contribution in [-0.2, 0) is 9.59 Å². The second-order valence-corrected chi connectivity index (χ2v) is 5.62. The van der Waals surface area contributed by atoms with Crippen LogP contribution in [0.5, 0.6) is 0 Å². The van der Waals surface area contributed by atoms with Crippen LogP contribution < -0.4 is 0 Å². The van der Waals surface area contributed by atoms with Gasteiger partial charge in [0.15, 0.2) is 0 Å². The van der Waals surface area contributed by atoms with Crippen LogP contribution in [0.15, 0.2) is 0 Å². The summed E-state index contributed by atoms with van der Waals surface area (Å²) in [5.74, 6) is -0.582. The summed E-state index contributed by atoms with van der Waals surface area (Å²) in [5.41, 5.74) is 0. The zero-order valence-electron chi connectivity index (χ0n) is 9.20. The molecule has 7 nitrogen and oxygen atoms in total. The number of carbonyl (C=O) groups is 4. The van der Waals surface area contributed by atoms with Gasteiger partial charge in [0.1, 0.15) is 0 Å². The molecule has 0 atom stereocenters. The number of imide groups is 2. The molecular weight excluding hydrogens is 280 g/mol. The molecule has 0 aromatic carbocycles. The number of β-amino-alcohol motifs (C(OH)–C–C–N with tert-alkyl or cyclic N) is 1. The molecule has 2 aliphatic rings. The third-order valence-electron chi connectivity index (χ3n) is 2.47. The normalized spacial score (nSPS) is 20.8. The zero-order chi connectivity index (χ0) is 13.3. The Kier molecular flexibility index (Phi) is 3.93. The molecule has 1 N–H and O–H groups in total. The Hall–Kier alpha value is -1.06. The summed E-state index contributed by atoms with van der Waals surface area (Å²) in [6.07, 6.45) is -1.11. The van der Waals surface area contributed by atoms with Crippen LogP contribution in [0.25, 0.3) is 0 Å². The Morgan fingerprint density at radius 2 is 1.33 bits per heavy atom. The Balaban J connectivity index is 1.90. The predicted octanol–water partition coefficient (Wildman–Crippen LogP) is -0.262. The van der Waals surface area contributed by atoms with Gasteiger partial charge < -0.3 is 5.11 Å². The lowest BCUT2D eigenvalue weighted by Gasteiger charge is -2.21. The van der Waals surface area contributed by atoms with E-state index in [1.807, 2.05) is 0 Å². The summed E-state index contributed by atoms with van der Waals surface area (Å²) in [7, 11) is 0. The standard InChI is InChI=1S/C9H10N2O5S2/c12-5(1-10-6(13)3-17-8(10)15)2-11-7(14)4-18-9(11)16/h5,12H,1-4H2. The fourth-order valence-corrected chi connectivity index (χ4v) is 3.06. The monoisotopic (exact) mass is 290 g/mol. The van der Waals surface area contributed by atoms with Gasteiger partial charge in [0, 0.05) is 0 Å². The summed E-state index contributed by atoms with van der Waals surface area (Å²) in [5, 5.41) is 8.91. The van der Waals surface area contributed by atoms with E-state index in [1.165, 1.54) is 0 Å². The largest absolute Gasteiger partial charge is 0.389 e. The molecule has 2 aliphatic heterocycles. The summed E-state index contributed by atoms with van der Waals surface area (Å²) in [6, 6.07) is 0. The van der Waals surface area contributed by atoms with Gasteiger partial charge in [-0.25, -0.2) is 0 Å². The SMILES string of the molecule is O=C1CSC(=O)N1CC(O)CN1C(=O)CSC1=O. The quantitative estimate of drug-likeness (QED) is 0.762. The van der Waals surface area contributed by atoms with E-state index in [4.69, 9.17) is 0 Å². The first-order valence-corrected chi connectivity index (χ1v) is 7.08.